The van der Waals surface area contributed by atoms with Crippen LogP contribution in [0.5, 0.6) is 0 Å². The molecule has 0 bridgehead atoms. The van der Waals surface area contributed by atoms with E-state index in [4.69, 9.17) is 0 Å². The Labute approximate surface area is 194 Å². The van der Waals surface area contributed by atoms with Gasteiger partial charge in [0.05, 0.1) is 29.9 Å². The Bertz CT molecular complexity index is 1250. The Hall–Kier alpha value is -3.46. The zero-order valence-corrected chi connectivity index (χ0v) is 18.6. The van der Waals surface area contributed by atoms with Crippen molar-refractivity contribution >= 4 is 12.0 Å². The predicted molar refractivity (Wildman–Crippen MR) is 118 cm³/mol. The van der Waals surface area contributed by atoms with Crippen LogP contribution in [0.3, 0.4) is 0 Å². The van der Waals surface area contributed by atoms with Crippen LogP contribution in [0.25, 0.3) is 11.8 Å². The topological polar surface area (TPSA) is 58.4 Å². The first-order valence-electron chi connectivity index (χ1n) is 10.8. The zero-order chi connectivity index (χ0) is 24.6. The Balaban J connectivity index is 1.64. The van der Waals surface area contributed by atoms with Crippen LogP contribution in [0.1, 0.15) is 42.6 Å². The molecule has 1 saturated heterocycles. The number of aromatic nitrogens is 2. The van der Waals surface area contributed by atoms with Crippen molar-refractivity contribution < 1.29 is 27.5 Å². The molecular weight excluding hydrogens is 450 g/mol. The number of carbonyl (C=O) groups is 1. The molecule has 3 aromatic rings. The molecule has 34 heavy (non-hydrogen) atoms. The van der Waals surface area contributed by atoms with E-state index in [-0.39, 0.29) is 12.1 Å². The van der Waals surface area contributed by atoms with Crippen molar-refractivity contribution in [1.29, 1.82) is 0 Å². The maximum atomic E-state index is 14.7. The molecule has 0 aliphatic carbocycles. The molecule has 178 valence electrons. The molecule has 0 spiro atoms. The number of aliphatic hydroxyl groups is 1. The summed E-state index contributed by atoms with van der Waals surface area (Å²) in [4.78, 5) is 18.6. The number of hydrogen-bond acceptors (Lipinski definition) is 3. The van der Waals surface area contributed by atoms with E-state index in [1.807, 2.05) is 0 Å². The van der Waals surface area contributed by atoms with Crippen LogP contribution in [0.4, 0.5) is 17.6 Å². The number of nitrogens with zero attached hydrogens (tertiary/aromatic N) is 3. The van der Waals surface area contributed by atoms with Crippen LogP contribution in [0, 0.1) is 30.2 Å². The second-order valence-electron chi connectivity index (χ2n) is 8.39. The normalized spacial score (nSPS) is 17.3. The summed E-state index contributed by atoms with van der Waals surface area (Å²) in [5.74, 6) is -5.35. The third-order valence-corrected chi connectivity index (χ3v) is 5.82. The van der Waals surface area contributed by atoms with Crippen molar-refractivity contribution in [3.8, 4) is 5.69 Å². The molecule has 1 aromatic heterocycles. The quantitative estimate of drug-likeness (QED) is 0.327. The van der Waals surface area contributed by atoms with E-state index >= 15 is 0 Å². The Kier molecular flexibility index (Phi) is 6.56. The van der Waals surface area contributed by atoms with E-state index in [0.29, 0.717) is 29.7 Å². The van der Waals surface area contributed by atoms with Gasteiger partial charge in [0.2, 0.25) is 5.91 Å². The zero-order valence-electron chi connectivity index (χ0n) is 18.6. The molecule has 1 aliphatic rings. The van der Waals surface area contributed by atoms with Crippen molar-refractivity contribution in [2.75, 3.05) is 6.54 Å². The number of aryl methyl sites for hydroxylation is 1. The van der Waals surface area contributed by atoms with Gasteiger partial charge in [-0.15, -0.1) is 0 Å². The monoisotopic (exact) mass is 473 g/mol. The summed E-state index contributed by atoms with van der Waals surface area (Å²) in [7, 11) is 0. The SMILES string of the molecule is Cc1cn(-c2ccc(C=C3CCCN([C@H](c4cc(F)c(F)c(F)c4)[C@@H](C)O)C3=O)cc2F)cn1. The summed E-state index contributed by atoms with van der Waals surface area (Å²) in [6.07, 6.45) is 4.52. The molecule has 2 atom stereocenters. The van der Waals surface area contributed by atoms with Crippen LogP contribution < -0.4 is 0 Å². The largest absolute Gasteiger partial charge is 0.391 e. The lowest BCUT2D eigenvalue weighted by Crippen LogP contribution is -2.43. The van der Waals surface area contributed by atoms with Crippen LogP contribution in [0.15, 0.2) is 48.4 Å². The third-order valence-electron chi connectivity index (χ3n) is 5.82. The molecule has 1 fully saturated rings. The maximum Gasteiger partial charge on any atom is 0.250 e. The van der Waals surface area contributed by atoms with Gasteiger partial charge in [-0.2, -0.15) is 0 Å². The minimum atomic E-state index is -1.62. The fourth-order valence-corrected chi connectivity index (χ4v) is 4.27. The smallest absolute Gasteiger partial charge is 0.250 e. The van der Waals surface area contributed by atoms with Gasteiger partial charge in [-0.1, -0.05) is 6.07 Å². The highest BCUT2D eigenvalue weighted by Crippen LogP contribution is 2.32. The first-order chi connectivity index (χ1) is 16.2. The Morgan fingerprint density at radius 3 is 2.38 bits per heavy atom. The highest BCUT2D eigenvalue weighted by Gasteiger charge is 2.34. The van der Waals surface area contributed by atoms with Crippen molar-refractivity contribution in [2.45, 2.75) is 38.8 Å². The van der Waals surface area contributed by atoms with Gasteiger partial charge < -0.3 is 14.6 Å². The minimum Gasteiger partial charge on any atom is -0.391 e. The van der Waals surface area contributed by atoms with E-state index in [2.05, 4.69) is 4.98 Å². The number of halogens is 4. The van der Waals surface area contributed by atoms with Crippen molar-refractivity contribution in [1.82, 2.24) is 14.5 Å². The number of likely N-dealkylation sites (tertiary alicyclic amines) is 1. The molecule has 1 aliphatic heterocycles. The van der Waals surface area contributed by atoms with E-state index < -0.39 is 41.3 Å². The molecule has 2 aromatic carbocycles. The summed E-state index contributed by atoms with van der Waals surface area (Å²) >= 11 is 0. The predicted octanol–water partition coefficient (Wildman–Crippen LogP) is 4.87. The Morgan fingerprint density at radius 2 is 1.79 bits per heavy atom. The van der Waals surface area contributed by atoms with Crippen LogP contribution in [-0.4, -0.2) is 38.1 Å². The number of aliphatic hydroxyl groups excluding tert-OH is 1. The molecule has 1 N–H and O–H groups in total. The molecule has 0 unspecified atom stereocenters. The van der Waals surface area contributed by atoms with Crippen molar-refractivity contribution in [2.24, 2.45) is 0 Å². The average Bonchev–Trinajstić information content (AvgIpc) is 3.20. The highest BCUT2D eigenvalue weighted by molar-refractivity contribution is 5.98. The second-order valence-corrected chi connectivity index (χ2v) is 8.39. The number of imidazole rings is 1. The van der Waals surface area contributed by atoms with Gasteiger partial charge in [-0.25, -0.2) is 22.5 Å². The fraction of sp³-hybridized carbons (Fsp3) is 0.280. The van der Waals surface area contributed by atoms with E-state index in [1.54, 1.807) is 35.9 Å². The van der Waals surface area contributed by atoms with Gasteiger partial charge in [0.15, 0.2) is 17.5 Å². The van der Waals surface area contributed by atoms with E-state index in [0.717, 1.165) is 17.8 Å². The van der Waals surface area contributed by atoms with E-state index in [9.17, 15) is 27.5 Å². The molecule has 1 amide bonds. The summed E-state index contributed by atoms with van der Waals surface area (Å²) in [5, 5.41) is 10.3. The first kappa shape index (κ1) is 23.7. The summed E-state index contributed by atoms with van der Waals surface area (Å²) in [6.45, 7) is 3.42. The van der Waals surface area contributed by atoms with Gasteiger partial charge >= 0.3 is 0 Å². The average molecular weight is 473 g/mol. The number of amides is 1. The second kappa shape index (κ2) is 9.42. The van der Waals surface area contributed by atoms with Gasteiger partial charge in [0.25, 0.3) is 0 Å². The van der Waals surface area contributed by atoms with Crippen molar-refractivity contribution in [3.05, 3.63) is 88.5 Å². The minimum absolute atomic E-state index is 0.0491. The molecule has 0 radical (unpaired) electrons. The molecule has 2 heterocycles. The number of benzene rings is 2. The maximum absolute atomic E-state index is 14.7. The summed E-state index contributed by atoms with van der Waals surface area (Å²) in [6, 6.07) is 5.05. The first-order valence-corrected chi connectivity index (χ1v) is 10.8. The lowest BCUT2D eigenvalue weighted by molar-refractivity contribution is -0.133. The van der Waals surface area contributed by atoms with Gasteiger partial charge in [0.1, 0.15) is 5.82 Å². The summed E-state index contributed by atoms with van der Waals surface area (Å²) in [5.41, 5.74) is 1.84. The van der Waals surface area contributed by atoms with Crippen LogP contribution in [-0.2, 0) is 4.79 Å². The molecule has 9 heteroatoms. The third kappa shape index (κ3) is 4.61. The molecule has 5 nitrogen and oxygen atoms in total. The summed E-state index contributed by atoms with van der Waals surface area (Å²) < 4.78 is 57.4. The standard InChI is InChI=1S/C25H23F4N3O2/c1-14-12-31(13-30-14)22-6-5-16(9-19(22)26)8-17-4-3-7-32(25(17)34)24(15(2)33)18-10-20(27)23(29)21(28)11-18/h5-6,8-13,15,24,33H,3-4,7H2,1-2H3/t15-,24+/m1/s1. The van der Waals surface area contributed by atoms with Crippen LogP contribution >= 0.6 is 0 Å². The van der Waals surface area contributed by atoms with Gasteiger partial charge in [-0.05, 0) is 68.2 Å². The highest BCUT2D eigenvalue weighted by atomic mass is 19.2. The lowest BCUT2D eigenvalue weighted by atomic mass is 9.94. The van der Waals surface area contributed by atoms with Gasteiger partial charge in [0, 0.05) is 18.3 Å². The van der Waals surface area contributed by atoms with E-state index in [1.165, 1.54) is 24.2 Å². The lowest BCUT2D eigenvalue weighted by Gasteiger charge is -2.37. The number of carbonyl (C=O) groups excluding carboxylic acids is 1. The molecule has 0 saturated carbocycles. The van der Waals surface area contributed by atoms with Crippen molar-refractivity contribution in [3.63, 3.8) is 0 Å². The molecule has 4 rings (SSSR count). The van der Waals surface area contributed by atoms with Crippen LogP contribution in [0.2, 0.25) is 0 Å². The fourth-order valence-electron chi connectivity index (χ4n) is 4.27. The number of rotatable bonds is 5. The molecular formula is C25H23F4N3O2. The number of piperidine rings is 1. The Morgan fingerprint density at radius 1 is 1.09 bits per heavy atom. The number of hydrogen-bond donors (Lipinski definition) is 1. The van der Waals surface area contributed by atoms with Gasteiger partial charge in [-0.3, -0.25) is 4.79 Å².